The summed E-state index contributed by atoms with van der Waals surface area (Å²) in [5, 5.41) is 4.32. The molecule has 0 fully saturated rings. The highest BCUT2D eigenvalue weighted by atomic mass is 32.1. The van der Waals surface area contributed by atoms with E-state index in [2.05, 4.69) is 15.1 Å². The van der Waals surface area contributed by atoms with Crippen molar-refractivity contribution in [3.05, 3.63) is 59.7 Å². The zero-order valence-electron chi connectivity index (χ0n) is 16.1. The Bertz CT molecular complexity index is 1110. The summed E-state index contributed by atoms with van der Waals surface area (Å²) in [4.78, 5) is 23.6. The van der Waals surface area contributed by atoms with E-state index >= 15 is 0 Å². The molecule has 8 nitrogen and oxygen atoms in total. The summed E-state index contributed by atoms with van der Waals surface area (Å²) in [5.74, 6) is 1.07. The van der Waals surface area contributed by atoms with Crippen LogP contribution in [0.5, 0.6) is 11.5 Å². The Hall–Kier alpha value is -3.46. The molecule has 0 N–H and O–H groups in total. The van der Waals surface area contributed by atoms with Crippen molar-refractivity contribution >= 4 is 32.6 Å². The molecular formula is C20H18N4O4S. The fourth-order valence-corrected chi connectivity index (χ4v) is 3.96. The fourth-order valence-electron chi connectivity index (χ4n) is 2.89. The van der Waals surface area contributed by atoms with Gasteiger partial charge in [-0.2, -0.15) is 0 Å². The molecule has 1 aromatic carbocycles. The molecule has 3 aromatic heterocycles. The number of amides is 1. The maximum atomic E-state index is 13.2. The third kappa shape index (κ3) is 3.64. The zero-order valence-corrected chi connectivity index (χ0v) is 16.9. The van der Waals surface area contributed by atoms with E-state index in [1.165, 1.54) is 11.3 Å². The molecule has 0 atom stereocenters. The number of aromatic nitrogens is 3. The molecular weight excluding hydrogens is 392 g/mol. The van der Waals surface area contributed by atoms with E-state index in [0.717, 1.165) is 10.3 Å². The lowest BCUT2D eigenvalue weighted by atomic mass is 10.2. The third-order valence-corrected chi connectivity index (χ3v) is 5.37. The number of thiazole rings is 1. The van der Waals surface area contributed by atoms with Crippen molar-refractivity contribution in [1.82, 2.24) is 15.1 Å². The Balaban J connectivity index is 1.83. The zero-order chi connectivity index (χ0) is 20.4. The first-order valence-corrected chi connectivity index (χ1v) is 9.58. The number of hydrogen-bond donors (Lipinski definition) is 0. The molecule has 4 aromatic rings. The fraction of sp³-hybridized carbons (Fsp3) is 0.200. The Labute approximate surface area is 170 Å². The van der Waals surface area contributed by atoms with Crippen LogP contribution in [-0.4, -0.2) is 35.3 Å². The quantitative estimate of drug-likeness (QED) is 0.477. The van der Waals surface area contributed by atoms with Crippen molar-refractivity contribution in [3.63, 3.8) is 0 Å². The molecule has 148 valence electrons. The summed E-state index contributed by atoms with van der Waals surface area (Å²) in [5.41, 5.74) is 2.11. The van der Waals surface area contributed by atoms with Gasteiger partial charge in [-0.15, -0.1) is 0 Å². The monoisotopic (exact) mass is 410 g/mol. The molecule has 4 rings (SSSR count). The molecule has 0 saturated heterocycles. The van der Waals surface area contributed by atoms with E-state index in [4.69, 9.17) is 14.0 Å². The summed E-state index contributed by atoms with van der Waals surface area (Å²) in [6, 6.07) is 8.93. The number of pyridine rings is 1. The second-order valence-corrected chi connectivity index (χ2v) is 7.21. The molecule has 0 bridgehead atoms. The number of nitrogens with zero attached hydrogens (tertiary/aromatic N) is 4. The van der Waals surface area contributed by atoms with Crippen LogP contribution >= 0.6 is 11.3 Å². The molecule has 29 heavy (non-hydrogen) atoms. The van der Waals surface area contributed by atoms with Gasteiger partial charge in [-0.3, -0.25) is 14.7 Å². The highest BCUT2D eigenvalue weighted by molar-refractivity contribution is 7.22. The van der Waals surface area contributed by atoms with E-state index in [0.29, 0.717) is 27.8 Å². The maximum Gasteiger partial charge on any atom is 0.298 e. The summed E-state index contributed by atoms with van der Waals surface area (Å²) >= 11 is 1.34. The van der Waals surface area contributed by atoms with Crippen molar-refractivity contribution in [2.75, 3.05) is 19.1 Å². The lowest BCUT2D eigenvalue weighted by Crippen LogP contribution is -2.30. The number of rotatable bonds is 6. The number of ether oxygens (including phenoxy) is 2. The lowest BCUT2D eigenvalue weighted by molar-refractivity contribution is 0.0949. The summed E-state index contributed by atoms with van der Waals surface area (Å²) in [7, 11) is 3.17. The number of fused-ring (bicyclic) bond motifs is 1. The first-order valence-electron chi connectivity index (χ1n) is 8.76. The number of carbonyl (C=O) groups excluding carboxylic acids is 1. The molecule has 0 saturated carbocycles. The van der Waals surface area contributed by atoms with Gasteiger partial charge in [-0.05, 0) is 30.7 Å². The number of aryl methyl sites for hydroxylation is 1. The average Bonchev–Trinajstić information content (AvgIpc) is 3.38. The molecule has 0 unspecified atom stereocenters. The van der Waals surface area contributed by atoms with Crippen LogP contribution in [0.25, 0.3) is 10.2 Å². The lowest BCUT2D eigenvalue weighted by Gasteiger charge is -2.18. The average molecular weight is 410 g/mol. The maximum absolute atomic E-state index is 13.2. The predicted octanol–water partition coefficient (Wildman–Crippen LogP) is 3.85. The number of methoxy groups -OCH3 is 2. The minimum Gasteiger partial charge on any atom is -0.495 e. The van der Waals surface area contributed by atoms with Gasteiger partial charge in [0.2, 0.25) is 5.76 Å². The minimum atomic E-state index is -0.341. The SMILES string of the molecule is COc1ccc(OC)c2sc(N(Cc3cccnc3)C(=O)c3cc(C)no3)nc12. The Morgan fingerprint density at radius 2 is 2.00 bits per heavy atom. The van der Waals surface area contributed by atoms with Gasteiger partial charge in [0.1, 0.15) is 21.7 Å². The van der Waals surface area contributed by atoms with Crippen LogP contribution < -0.4 is 14.4 Å². The van der Waals surface area contributed by atoms with Gasteiger partial charge in [0, 0.05) is 18.5 Å². The highest BCUT2D eigenvalue weighted by Gasteiger charge is 2.26. The normalized spacial score (nSPS) is 10.9. The Morgan fingerprint density at radius 1 is 1.21 bits per heavy atom. The first kappa shape index (κ1) is 18.9. The molecule has 9 heteroatoms. The van der Waals surface area contributed by atoms with E-state index in [1.54, 1.807) is 50.6 Å². The minimum absolute atomic E-state index is 0.143. The van der Waals surface area contributed by atoms with Crippen molar-refractivity contribution in [3.8, 4) is 11.5 Å². The largest absolute Gasteiger partial charge is 0.495 e. The van der Waals surface area contributed by atoms with Crippen LogP contribution in [0.15, 0.2) is 47.2 Å². The van der Waals surface area contributed by atoms with Gasteiger partial charge in [-0.25, -0.2) is 4.98 Å². The molecule has 3 heterocycles. The number of benzene rings is 1. The van der Waals surface area contributed by atoms with Crippen LogP contribution in [0.4, 0.5) is 5.13 Å². The van der Waals surface area contributed by atoms with Gasteiger partial charge in [-0.1, -0.05) is 22.6 Å². The van der Waals surface area contributed by atoms with E-state index in [1.807, 2.05) is 18.2 Å². The van der Waals surface area contributed by atoms with Gasteiger partial charge in [0.25, 0.3) is 5.91 Å². The van der Waals surface area contributed by atoms with E-state index < -0.39 is 0 Å². The summed E-state index contributed by atoms with van der Waals surface area (Å²) < 4.78 is 16.9. The number of hydrogen-bond acceptors (Lipinski definition) is 8. The standard InChI is InChI=1S/C20H18N4O4S/c1-12-9-16(28-23-12)19(25)24(11-13-5-4-8-21-10-13)20-22-17-14(26-2)6-7-15(27-3)18(17)29-20/h4-10H,11H2,1-3H3. The van der Waals surface area contributed by atoms with Crippen molar-refractivity contribution in [2.24, 2.45) is 0 Å². The van der Waals surface area contributed by atoms with Crippen molar-refractivity contribution in [1.29, 1.82) is 0 Å². The predicted molar refractivity (Wildman–Crippen MR) is 109 cm³/mol. The van der Waals surface area contributed by atoms with Crippen LogP contribution in [0.3, 0.4) is 0 Å². The van der Waals surface area contributed by atoms with Crippen LogP contribution in [0.2, 0.25) is 0 Å². The van der Waals surface area contributed by atoms with Crippen LogP contribution in [0.1, 0.15) is 21.8 Å². The highest BCUT2D eigenvalue weighted by Crippen LogP contribution is 2.40. The van der Waals surface area contributed by atoms with Crippen LogP contribution in [-0.2, 0) is 6.54 Å². The third-order valence-electron chi connectivity index (χ3n) is 4.28. The molecule has 0 aliphatic heterocycles. The first-order chi connectivity index (χ1) is 14.1. The summed E-state index contributed by atoms with van der Waals surface area (Å²) in [6.07, 6.45) is 3.39. The number of carbonyl (C=O) groups is 1. The van der Waals surface area contributed by atoms with Gasteiger partial charge in [0.15, 0.2) is 5.13 Å². The topological polar surface area (TPSA) is 90.6 Å². The second kappa shape index (κ2) is 7.88. The Morgan fingerprint density at radius 3 is 2.66 bits per heavy atom. The summed E-state index contributed by atoms with van der Waals surface area (Å²) in [6.45, 7) is 2.04. The molecule has 1 amide bonds. The second-order valence-electron chi connectivity index (χ2n) is 6.23. The van der Waals surface area contributed by atoms with E-state index in [9.17, 15) is 4.79 Å². The van der Waals surface area contributed by atoms with Crippen molar-refractivity contribution in [2.45, 2.75) is 13.5 Å². The van der Waals surface area contributed by atoms with E-state index in [-0.39, 0.29) is 18.2 Å². The molecule has 0 spiro atoms. The van der Waals surface area contributed by atoms with Gasteiger partial charge >= 0.3 is 0 Å². The van der Waals surface area contributed by atoms with Crippen molar-refractivity contribution < 1.29 is 18.8 Å². The molecule has 0 radical (unpaired) electrons. The van der Waals surface area contributed by atoms with Gasteiger partial charge in [0.05, 0.1) is 26.5 Å². The smallest absolute Gasteiger partial charge is 0.298 e. The number of anilines is 1. The van der Waals surface area contributed by atoms with Crippen LogP contribution in [0, 0.1) is 6.92 Å². The Kier molecular flexibility index (Phi) is 5.13. The van der Waals surface area contributed by atoms with Gasteiger partial charge < -0.3 is 14.0 Å². The molecule has 0 aliphatic carbocycles. The molecule has 0 aliphatic rings.